The predicted octanol–water partition coefficient (Wildman–Crippen LogP) is 2.91. The minimum Gasteiger partial charge on any atom is -0.478 e. The van der Waals surface area contributed by atoms with Crippen LogP contribution in [-0.4, -0.2) is 22.9 Å². The van der Waals surface area contributed by atoms with Crippen LogP contribution in [0.3, 0.4) is 0 Å². The maximum atomic E-state index is 12.7. The maximum Gasteiger partial charge on any atom is 0.328 e. The normalized spacial score (nSPS) is 17.4. The van der Waals surface area contributed by atoms with E-state index in [4.69, 9.17) is 5.11 Å². The molecule has 0 bridgehead atoms. The molecule has 2 aromatic carbocycles. The Morgan fingerprint density at radius 2 is 1.88 bits per heavy atom. The molecule has 1 aliphatic heterocycles. The van der Waals surface area contributed by atoms with Crippen molar-refractivity contribution in [2.75, 3.05) is 4.90 Å². The van der Waals surface area contributed by atoms with E-state index in [1.54, 1.807) is 24.3 Å². The molecule has 1 saturated heterocycles. The molecule has 126 valence electrons. The second kappa shape index (κ2) is 7.13. The SMILES string of the molecule is O=C(O)/C=C/c1cccc(N2C(=O)C[C@H](Cc3ccccc3)C2=O)c1. The molecule has 2 amide bonds. The molecule has 1 heterocycles. The fourth-order valence-corrected chi connectivity index (χ4v) is 2.96. The standard InChI is InChI=1S/C20H17NO4/c22-18-13-16(11-14-5-2-1-3-6-14)20(25)21(18)17-8-4-7-15(12-17)9-10-19(23)24/h1-10,12,16H,11,13H2,(H,23,24)/b10-9+/t16-/m0/s1. The van der Waals surface area contributed by atoms with Crippen molar-refractivity contribution in [3.05, 3.63) is 71.8 Å². The summed E-state index contributed by atoms with van der Waals surface area (Å²) in [5, 5.41) is 8.71. The molecular weight excluding hydrogens is 318 g/mol. The number of benzene rings is 2. The van der Waals surface area contributed by atoms with Gasteiger partial charge in [0.1, 0.15) is 0 Å². The molecule has 1 fully saturated rings. The highest BCUT2D eigenvalue weighted by Crippen LogP contribution is 2.29. The first-order chi connectivity index (χ1) is 12.0. The minimum atomic E-state index is -1.05. The van der Waals surface area contributed by atoms with Crippen LogP contribution in [0.25, 0.3) is 6.08 Å². The maximum absolute atomic E-state index is 12.7. The first-order valence-corrected chi connectivity index (χ1v) is 7.96. The van der Waals surface area contributed by atoms with Crippen LogP contribution in [-0.2, 0) is 20.8 Å². The van der Waals surface area contributed by atoms with Gasteiger partial charge in [0.15, 0.2) is 0 Å². The summed E-state index contributed by atoms with van der Waals surface area (Å²) in [6.45, 7) is 0. The van der Waals surface area contributed by atoms with E-state index in [-0.39, 0.29) is 24.2 Å². The van der Waals surface area contributed by atoms with Crippen molar-refractivity contribution in [2.24, 2.45) is 5.92 Å². The second-order valence-electron chi connectivity index (χ2n) is 5.92. The van der Waals surface area contributed by atoms with Crippen molar-refractivity contribution in [3.63, 3.8) is 0 Å². The number of aliphatic carboxylic acids is 1. The number of carboxylic acid groups (broad SMARTS) is 1. The molecule has 0 aromatic heterocycles. The van der Waals surface area contributed by atoms with Crippen LogP contribution in [0.4, 0.5) is 5.69 Å². The van der Waals surface area contributed by atoms with Crippen LogP contribution < -0.4 is 4.90 Å². The van der Waals surface area contributed by atoms with E-state index < -0.39 is 5.97 Å². The predicted molar refractivity (Wildman–Crippen MR) is 93.9 cm³/mol. The molecule has 5 heteroatoms. The number of hydrogen-bond donors (Lipinski definition) is 1. The second-order valence-corrected chi connectivity index (χ2v) is 5.92. The fraction of sp³-hybridized carbons (Fsp3) is 0.150. The Bertz CT molecular complexity index is 842. The van der Waals surface area contributed by atoms with Crippen LogP contribution in [0.5, 0.6) is 0 Å². The zero-order valence-electron chi connectivity index (χ0n) is 13.5. The van der Waals surface area contributed by atoms with Crippen LogP contribution in [0.2, 0.25) is 0 Å². The minimum absolute atomic E-state index is 0.183. The van der Waals surface area contributed by atoms with Crippen molar-refractivity contribution in [3.8, 4) is 0 Å². The molecule has 1 atom stereocenters. The van der Waals surface area contributed by atoms with Crippen molar-refractivity contribution in [1.29, 1.82) is 0 Å². The molecule has 3 rings (SSSR count). The number of imide groups is 1. The van der Waals surface area contributed by atoms with Gasteiger partial charge in [-0.1, -0.05) is 42.5 Å². The van der Waals surface area contributed by atoms with Gasteiger partial charge in [-0.15, -0.1) is 0 Å². The lowest BCUT2D eigenvalue weighted by Crippen LogP contribution is -2.30. The molecule has 0 aliphatic carbocycles. The van der Waals surface area contributed by atoms with Crippen LogP contribution >= 0.6 is 0 Å². The third-order valence-corrected chi connectivity index (χ3v) is 4.11. The summed E-state index contributed by atoms with van der Waals surface area (Å²) in [5.41, 5.74) is 2.11. The van der Waals surface area contributed by atoms with Crippen LogP contribution in [0.15, 0.2) is 60.7 Å². The van der Waals surface area contributed by atoms with Crippen molar-refractivity contribution in [2.45, 2.75) is 12.8 Å². The van der Waals surface area contributed by atoms with Crippen molar-refractivity contribution < 1.29 is 19.5 Å². The highest BCUT2D eigenvalue weighted by Gasteiger charge is 2.39. The largest absolute Gasteiger partial charge is 0.478 e. The van der Waals surface area contributed by atoms with E-state index in [1.165, 1.54) is 11.0 Å². The quantitative estimate of drug-likeness (QED) is 0.673. The van der Waals surface area contributed by atoms with Gasteiger partial charge in [-0.05, 0) is 35.8 Å². The van der Waals surface area contributed by atoms with Gasteiger partial charge < -0.3 is 5.11 Å². The average Bonchev–Trinajstić information content (AvgIpc) is 2.88. The van der Waals surface area contributed by atoms with Gasteiger partial charge >= 0.3 is 5.97 Å². The van der Waals surface area contributed by atoms with E-state index in [9.17, 15) is 14.4 Å². The van der Waals surface area contributed by atoms with Gasteiger partial charge in [0.25, 0.3) is 0 Å². The highest BCUT2D eigenvalue weighted by atomic mass is 16.4. The summed E-state index contributed by atoms with van der Waals surface area (Å²) in [6, 6.07) is 16.3. The van der Waals surface area contributed by atoms with E-state index >= 15 is 0 Å². The Labute approximate surface area is 145 Å². The van der Waals surface area contributed by atoms with Crippen LogP contribution in [0, 0.1) is 5.92 Å². The summed E-state index contributed by atoms with van der Waals surface area (Å²) in [7, 11) is 0. The Morgan fingerprint density at radius 3 is 2.60 bits per heavy atom. The van der Waals surface area contributed by atoms with Gasteiger partial charge in [0.2, 0.25) is 11.8 Å². The molecule has 5 nitrogen and oxygen atoms in total. The summed E-state index contributed by atoms with van der Waals surface area (Å²) in [6.07, 6.45) is 3.16. The zero-order chi connectivity index (χ0) is 17.8. The lowest BCUT2D eigenvalue weighted by atomic mass is 9.98. The van der Waals surface area contributed by atoms with Gasteiger partial charge in [-0.25, -0.2) is 4.79 Å². The molecule has 1 N–H and O–H groups in total. The molecule has 0 radical (unpaired) electrons. The lowest BCUT2D eigenvalue weighted by molar-refractivity contribution is -0.131. The number of rotatable bonds is 5. The van der Waals surface area contributed by atoms with Crippen molar-refractivity contribution >= 4 is 29.5 Å². The summed E-state index contributed by atoms with van der Waals surface area (Å²) in [5.74, 6) is -1.87. The lowest BCUT2D eigenvalue weighted by Gasteiger charge is -2.15. The number of amides is 2. The summed E-state index contributed by atoms with van der Waals surface area (Å²) < 4.78 is 0. The number of carbonyl (C=O) groups excluding carboxylic acids is 2. The average molecular weight is 335 g/mol. The third-order valence-electron chi connectivity index (χ3n) is 4.11. The topological polar surface area (TPSA) is 74.7 Å². The summed E-state index contributed by atoms with van der Waals surface area (Å²) in [4.78, 5) is 36.9. The highest BCUT2D eigenvalue weighted by molar-refractivity contribution is 6.21. The molecule has 1 aliphatic rings. The Morgan fingerprint density at radius 1 is 1.12 bits per heavy atom. The van der Waals surface area contributed by atoms with Gasteiger partial charge in [-0.2, -0.15) is 0 Å². The van der Waals surface area contributed by atoms with E-state index in [1.807, 2.05) is 30.3 Å². The Balaban J connectivity index is 1.81. The number of hydrogen-bond acceptors (Lipinski definition) is 3. The van der Waals surface area contributed by atoms with E-state index in [0.29, 0.717) is 17.7 Å². The first kappa shape index (κ1) is 16.6. The molecule has 0 unspecified atom stereocenters. The van der Waals surface area contributed by atoms with Crippen LogP contribution in [0.1, 0.15) is 17.5 Å². The smallest absolute Gasteiger partial charge is 0.328 e. The summed E-state index contributed by atoms with van der Waals surface area (Å²) >= 11 is 0. The van der Waals surface area contributed by atoms with Gasteiger partial charge in [-0.3, -0.25) is 14.5 Å². The number of anilines is 1. The Hall–Kier alpha value is -3.21. The van der Waals surface area contributed by atoms with Crippen molar-refractivity contribution in [1.82, 2.24) is 0 Å². The van der Waals surface area contributed by atoms with Gasteiger partial charge in [0, 0.05) is 12.5 Å². The first-order valence-electron chi connectivity index (χ1n) is 7.96. The van der Waals surface area contributed by atoms with E-state index in [0.717, 1.165) is 11.6 Å². The number of nitrogens with zero attached hydrogens (tertiary/aromatic N) is 1. The molecule has 25 heavy (non-hydrogen) atoms. The molecular formula is C20H17NO4. The molecule has 0 saturated carbocycles. The monoisotopic (exact) mass is 335 g/mol. The molecule has 2 aromatic rings. The third kappa shape index (κ3) is 3.83. The molecule has 0 spiro atoms. The number of carboxylic acids is 1. The Kier molecular flexibility index (Phi) is 4.75. The van der Waals surface area contributed by atoms with Gasteiger partial charge in [0.05, 0.1) is 11.6 Å². The van der Waals surface area contributed by atoms with E-state index in [2.05, 4.69) is 0 Å². The zero-order valence-corrected chi connectivity index (χ0v) is 13.5. The fourth-order valence-electron chi connectivity index (χ4n) is 2.96. The number of carbonyl (C=O) groups is 3.